The Kier molecular flexibility index (Phi) is 6.36. The van der Waals surface area contributed by atoms with E-state index in [0.29, 0.717) is 12.5 Å². The first-order valence-corrected chi connectivity index (χ1v) is 7.86. The number of hydrogen-bond donors (Lipinski definition) is 2. The van der Waals surface area contributed by atoms with Crippen molar-refractivity contribution in [2.24, 2.45) is 5.92 Å². The van der Waals surface area contributed by atoms with Crippen molar-refractivity contribution in [1.29, 1.82) is 0 Å². The second kappa shape index (κ2) is 8.06. The van der Waals surface area contributed by atoms with Gasteiger partial charge in [-0.3, -0.25) is 0 Å². The second-order valence-electron chi connectivity index (χ2n) is 6.06. The molecule has 1 aliphatic carbocycles. The van der Waals surface area contributed by atoms with E-state index in [0.717, 1.165) is 31.5 Å². The van der Waals surface area contributed by atoms with Crippen molar-refractivity contribution in [2.75, 3.05) is 19.7 Å². The SMILES string of the molecule is Cl.OC1(OCC2CCNCC2)C=CC(c2cccc(F)c2)C=C1. The number of benzene rings is 1. The van der Waals surface area contributed by atoms with Gasteiger partial charge < -0.3 is 15.2 Å². The highest BCUT2D eigenvalue weighted by Gasteiger charge is 2.27. The van der Waals surface area contributed by atoms with Crippen molar-refractivity contribution in [3.05, 3.63) is 60.0 Å². The van der Waals surface area contributed by atoms with E-state index in [1.165, 1.54) is 12.1 Å². The van der Waals surface area contributed by atoms with Gasteiger partial charge in [-0.05, 0) is 61.7 Å². The maximum absolute atomic E-state index is 13.3. The van der Waals surface area contributed by atoms with Crippen LogP contribution in [0.2, 0.25) is 0 Å². The number of halogens is 2. The van der Waals surface area contributed by atoms with E-state index in [2.05, 4.69) is 5.32 Å². The first kappa shape index (κ1) is 18.1. The topological polar surface area (TPSA) is 41.5 Å². The van der Waals surface area contributed by atoms with Gasteiger partial charge in [0, 0.05) is 5.92 Å². The Morgan fingerprint density at radius 1 is 1.22 bits per heavy atom. The fourth-order valence-corrected chi connectivity index (χ4v) is 2.93. The molecule has 3 rings (SSSR count). The predicted octanol–water partition coefficient (Wildman–Crippen LogP) is 3.16. The molecule has 1 fully saturated rings. The highest BCUT2D eigenvalue weighted by atomic mass is 35.5. The van der Waals surface area contributed by atoms with Crippen LogP contribution in [0.5, 0.6) is 0 Å². The van der Waals surface area contributed by atoms with Gasteiger partial charge in [0.25, 0.3) is 0 Å². The van der Waals surface area contributed by atoms with Gasteiger partial charge in [0.2, 0.25) is 5.79 Å². The summed E-state index contributed by atoms with van der Waals surface area (Å²) in [4.78, 5) is 0. The molecule has 23 heavy (non-hydrogen) atoms. The molecule has 0 aromatic heterocycles. The van der Waals surface area contributed by atoms with Gasteiger partial charge in [0.15, 0.2) is 0 Å². The van der Waals surface area contributed by atoms with E-state index in [1.807, 2.05) is 18.2 Å². The molecule has 0 radical (unpaired) electrons. The molecule has 3 nitrogen and oxygen atoms in total. The van der Waals surface area contributed by atoms with Crippen LogP contribution < -0.4 is 5.32 Å². The average Bonchev–Trinajstić information content (AvgIpc) is 2.55. The molecule has 5 heteroatoms. The molecule has 2 N–H and O–H groups in total. The zero-order valence-electron chi connectivity index (χ0n) is 13.0. The molecule has 0 amide bonds. The van der Waals surface area contributed by atoms with Gasteiger partial charge in [-0.2, -0.15) is 0 Å². The van der Waals surface area contributed by atoms with Crippen LogP contribution in [0, 0.1) is 11.7 Å². The first-order valence-electron chi connectivity index (χ1n) is 7.86. The Hall–Kier alpha value is -1.20. The first-order chi connectivity index (χ1) is 10.6. The molecule has 1 heterocycles. The minimum absolute atomic E-state index is 0. The summed E-state index contributed by atoms with van der Waals surface area (Å²) in [5.74, 6) is -1.12. The minimum atomic E-state index is -1.34. The third-order valence-electron chi connectivity index (χ3n) is 4.33. The lowest BCUT2D eigenvalue weighted by Crippen LogP contribution is -2.35. The van der Waals surface area contributed by atoms with Crippen molar-refractivity contribution in [3.8, 4) is 0 Å². The van der Waals surface area contributed by atoms with Crippen LogP contribution in [-0.4, -0.2) is 30.6 Å². The molecule has 0 unspecified atom stereocenters. The van der Waals surface area contributed by atoms with Crippen LogP contribution in [-0.2, 0) is 4.74 Å². The van der Waals surface area contributed by atoms with E-state index < -0.39 is 5.79 Å². The summed E-state index contributed by atoms with van der Waals surface area (Å²) < 4.78 is 19.0. The molecule has 1 aromatic carbocycles. The van der Waals surface area contributed by atoms with Crippen molar-refractivity contribution in [1.82, 2.24) is 5.32 Å². The molecule has 1 aromatic rings. The Balaban J connectivity index is 0.00000192. The molecule has 0 saturated carbocycles. The van der Waals surface area contributed by atoms with Crippen LogP contribution in [0.3, 0.4) is 0 Å². The number of rotatable bonds is 4. The van der Waals surface area contributed by atoms with E-state index in [9.17, 15) is 9.50 Å². The number of piperidine rings is 1. The van der Waals surface area contributed by atoms with E-state index in [-0.39, 0.29) is 24.1 Å². The standard InChI is InChI=1S/C18H22FNO2.ClH/c19-17-3-1-2-16(12-17)15-4-8-18(21,9-5-15)22-13-14-6-10-20-11-7-14;/h1-5,8-9,12,14-15,20-21H,6-7,10-11,13H2;1H. The highest BCUT2D eigenvalue weighted by molar-refractivity contribution is 5.85. The van der Waals surface area contributed by atoms with Gasteiger partial charge in [-0.25, -0.2) is 4.39 Å². The maximum Gasteiger partial charge on any atom is 0.205 e. The summed E-state index contributed by atoms with van der Waals surface area (Å²) in [6, 6.07) is 6.52. The summed E-state index contributed by atoms with van der Waals surface area (Å²) in [5, 5.41) is 13.7. The Labute approximate surface area is 142 Å². The van der Waals surface area contributed by atoms with E-state index >= 15 is 0 Å². The fourth-order valence-electron chi connectivity index (χ4n) is 2.93. The van der Waals surface area contributed by atoms with E-state index in [1.54, 1.807) is 18.2 Å². The highest BCUT2D eigenvalue weighted by Crippen LogP contribution is 2.28. The van der Waals surface area contributed by atoms with Gasteiger partial charge in [-0.1, -0.05) is 24.3 Å². The largest absolute Gasteiger partial charge is 0.359 e. The smallest absolute Gasteiger partial charge is 0.205 e. The second-order valence-corrected chi connectivity index (χ2v) is 6.06. The number of allylic oxidation sites excluding steroid dienone is 2. The molecular weight excluding hydrogens is 317 g/mol. The Morgan fingerprint density at radius 2 is 1.91 bits per heavy atom. The van der Waals surface area contributed by atoms with Crippen LogP contribution in [0.1, 0.15) is 24.3 Å². The lowest BCUT2D eigenvalue weighted by molar-refractivity contribution is -0.142. The van der Waals surface area contributed by atoms with Crippen molar-refractivity contribution < 1.29 is 14.2 Å². The molecule has 126 valence electrons. The molecule has 1 aliphatic heterocycles. The molecule has 0 atom stereocenters. The number of ether oxygens (including phenoxy) is 1. The van der Waals surface area contributed by atoms with Crippen LogP contribution in [0.4, 0.5) is 4.39 Å². The van der Waals surface area contributed by atoms with Crippen LogP contribution >= 0.6 is 12.4 Å². The number of aliphatic hydroxyl groups is 1. The van der Waals surface area contributed by atoms with Crippen molar-refractivity contribution in [3.63, 3.8) is 0 Å². The van der Waals surface area contributed by atoms with Crippen LogP contribution in [0.15, 0.2) is 48.6 Å². The van der Waals surface area contributed by atoms with E-state index in [4.69, 9.17) is 4.74 Å². The van der Waals surface area contributed by atoms with Gasteiger partial charge in [0.05, 0.1) is 6.61 Å². The van der Waals surface area contributed by atoms with Crippen molar-refractivity contribution >= 4 is 12.4 Å². The lowest BCUT2D eigenvalue weighted by atomic mass is 9.92. The predicted molar refractivity (Wildman–Crippen MR) is 91.2 cm³/mol. The number of hydrogen-bond acceptors (Lipinski definition) is 3. The molecule has 1 saturated heterocycles. The maximum atomic E-state index is 13.3. The summed E-state index contributed by atoms with van der Waals surface area (Å²) in [6.45, 7) is 2.58. The molecule has 2 aliphatic rings. The van der Waals surface area contributed by atoms with Gasteiger partial charge in [0.1, 0.15) is 5.82 Å². The lowest BCUT2D eigenvalue weighted by Gasteiger charge is -2.29. The normalized spacial score (nSPS) is 27.7. The molecule has 0 spiro atoms. The average molecular weight is 340 g/mol. The van der Waals surface area contributed by atoms with Gasteiger partial charge in [-0.15, -0.1) is 12.4 Å². The zero-order valence-corrected chi connectivity index (χ0v) is 13.8. The van der Waals surface area contributed by atoms with Gasteiger partial charge >= 0.3 is 0 Å². The third kappa shape index (κ3) is 4.88. The van der Waals surface area contributed by atoms with Crippen LogP contribution in [0.25, 0.3) is 0 Å². The Morgan fingerprint density at radius 3 is 2.57 bits per heavy atom. The monoisotopic (exact) mass is 339 g/mol. The molecule has 0 bridgehead atoms. The minimum Gasteiger partial charge on any atom is -0.359 e. The van der Waals surface area contributed by atoms with Crippen molar-refractivity contribution in [2.45, 2.75) is 24.5 Å². The molecular formula is C18H23ClFNO2. The summed E-state index contributed by atoms with van der Waals surface area (Å²) in [6.07, 6.45) is 9.19. The summed E-state index contributed by atoms with van der Waals surface area (Å²) in [5.41, 5.74) is 0.868. The Bertz CT molecular complexity index is 556. The summed E-state index contributed by atoms with van der Waals surface area (Å²) >= 11 is 0. The summed E-state index contributed by atoms with van der Waals surface area (Å²) in [7, 11) is 0. The zero-order chi connectivity index (χ0) is 15.4. The fraction of sp³-hybridized carbons (Fsp3) is 0.444. The quantitative estimate of drug-likeness (QED) is 0.654. The third-order valence-corrected chi connectivity index (χ3v) is 4.33. The number of nitrogens with one attached hydrogen (secondary N) is 1.